The average Bonchev–Trinajstić information content (AvgIpc) is 2.76. The predicted molar refractivity (Wildman–Crippen MR) is 85.1 cm³/mol. The molecule has 1 saturated carbocycles. The van der Waals surface area contributed by atoms with Crippen molar-refractivity contribution in [3.63, 3.8) is 0 Å². The first-order valence-electron chi connectivity index (χ1n) is 7.17. The van der Waals surface area contributed by atoms with Crippen LogP contribution in [0.15, 0.2) is 22.7 Å². The molecular formula is C16H19BrN2O2. The Hall–Kier alpha value is -1.54. The van der Waals surface area contributed by atoms with E-state index in [2.05, 4.69) is 27.3 Å². The summed E-state index contributed by atoms with van der Waals surface area (Å²) in [5.41, 5.74) is -0.267. The summed E-state index contributed by atoms with van der Waals surface area (Å²) in [5, 5.41) is 12.4. The third-order valence-corrected chi connectivity index (χ3v) is 4.72. The number of amides is 1. The normalized spacial score (nSPS) is 17.4. The number of carbonyl (C=O) groups is 1. The molecule has 0 saturated heterocycles. The summed E-state index contributed by atoms with van der Waals surface area (Å²) in [7, 11) is 1.58. The van der Waals surface area contributed by atoms with Gasteiger partial charge in [0.2, 0.25) is 5.91 Å². The van der Waals surface area contributed by atoms with Gasteiger partial charge in [0.25, 0.3) is 0 Å². The van der Waals surface area contributed by atoms with Gasteiger partial charge in [-0.05, 0) is 40.9 Å². The second kappa shape index (κ2) is 6.95. The van der Waals surface area contributed by atoms with Crippen LogP contribution in [0.25, 0.3) is 0 Å². The Morgan fingerprint density at radius 3 is 2.57 bits per heavy atom. The SMILES string of the molecule is COc1ccc(Br)c(NC(=O)C2(C#N)CCCCCC2)c1. The number of nitrogens with one attached hydrogen (secondary N) is 1. The number of methoxy groups -OCH3 is 1. The van der Waals surface area contributed by atoms with E-state index >= 15 is 0 Å². The van der Waals surface area contributed by atoms with Gasteiger partial charge in [-0.15, -0.1) is 0 Å². The molecule has 1 N–H and O–H groups in total. The van der Waals surface area contributed by atoms with Gasteiger partial charge in [-0.25, -0.2) is 0 Å². The van der Waals surface area contributed by atoms with E-state index in [9.17, 15) is 10.1 Å². The van der Waals surface area contributed by atoms with E-state index in [0.29, 0.717) is 24.3 Å². The summed E-state index contributed by atoms with van der Waals surface area (Å²) in [4.78, 5) is 12.6. The van der Waals surface area contributed by atoms with Crippen LogP contribution < -0.4 is 10.1 Å². The van der Waals surface area contributed by atoms with Crippen molar-refractivity contribution in [1.29, 1.82) is 5.26 Å². The van der Waals surface area contributed by atoms with Gasteiger partial charge >= 0.3 is 0 Å². The number of nitriles is 1. The number of hydrogen-bond donors (Lipinski definition) is 1. The number of anilines is 1. The number of rotatable bonds is 3. The first kappa shape index (κ1) is 15.8. The molecule has 1 amide bonds. The van der Waals surface area contributed by atoms with Crippen molar-refractivity contribution in [2.75, 3.05) is 12.4 Å². The van der Waals surface area contributed by atoms with Crippen molar-refractivity contribution in [3.8, 4) is 11.8 Å². The molecule has 0 unspecified atom stereocenters. The zero-order chi connectivity index (χ0) is 15.3. The number of hydrogen-bond acceptors (Lipinski definition) is 3. The van der Waals surface area contributed by atoms with E-state index in [1.54, 1.807) is 13.2 Å². The fourth-order valence-corrected chi connectivity index (χ4v) is 3.04. The van der Waals surface area contributed by atoms with Crippen LogP contribution in [0.4, 0.5) is 5.69 Å². The van der Waals surface area contributed by atoms with Crippen molar-refractivity contribution in [2.45, 2.75) is 38.5 Å². The van der Waals surface area contributed by atoms with Gasteiger partial charge in [-0.2, -0.15) is 5.26 Å². The third kappa shape index (κ3) is 3.56. The maximum absolute atomic E-state index is 12.6. The number of benzene rings is 1. The zero-order valence-corrected chi connectivity index (χ0v) is 13.7. The van der Waals surface area contributed by atoms with Crippen molar-refractivity contribution < 1.29 is 9.53 Å². The monoisotopic (exact) mass is 350 g/mol. The van der Waals surface area contributed by atoms with Crippen molar-refractivity contribution in [1.82, 2.24) is 0 Å². The minimum atomic E-state index is -0.904. The van der Waals surface area contributed by atoms with Crippen molar-refractivity contribution in [2.24, 2.45) is 5.41 Å². The van der Waals surface area contributed by atoms with E-state index in [4.69, 9.17) is 4.74 Å². The van der Waals surface area contributed by atoms with Crippen molar-refractivity contribution in [3.05, 3.63) is 22.7 Å². The third-order valence-electron chi connectivity index (χ3n) is 4.03. The highest BCUT2D eigenvalue weighted by molar-refractivity contribution is 9.10. The molecule has 0 aromatic heterocycles. The maximum atomic E-state index is 12.6. The number of halogens is 1. The predicted octanol–water partition coefficient (Wildman–Crippen LogP) is 4.26. The van der Waals surface area contributed by atoms with Crippen LogP contribution in [0.1, 0.15) is 38.5 Å². The van der Waals surface area contributed by atoms with E-state index < -0.39 is 5.41 Å². The Labute approximate surface area is 133 Å². The Bertz CT molecular complexity index is 558. The highest BCUT2D eigenvalue weighted by Gasteiger charge is 2.39. The van der Waals surface area contributed by atoms with Gasteiger partial charge in [0, 0.05) is 10.5 Å². The highest BCUT2D eigenvalue weighted by Crippen LogP contribution is 2.37. The van der Waals surface area contributed by atoms with Crippen LogP contribution in [0.2, 0.25) is 0 Å². The fraction of sp³-hybridized carbons (Fsp3) is 0.500. The molecule has 0 bridgehead atoms. The Kier molecular flexibility index (Phi) is 5.24. The molecule has 1 aliphatic carbocycles. The molecule has 1 aromatic carbocycles. The summed E-state index contributed by atoms with van der Waals surface area (Å²) >= 11 is 3.41. The number of nitrogens with zero attached hydrogens (tertiary/aromatic N) is 1. The second-order valence-corrected chi connectivity index (χ2v) is 6.26. The van der Waals surface area contributed by atoms with Crippen LogP contribution in [-0.4, -0.2) is 13.0 Å². The van der Waals surface area contributed by atoms with Gasteiger partial charge in [-0.3, -0.25) is 4.79 Å². The molecule has 0 radical (unpaired) electrons. The van der Waals surface area contributed by atoms with Gasteiger partial charge in [0.05, 0.1) is 18.9 Å². The summed E-state index contributed by atoms with van der Waals surface area (Å²) in [6, 6.07) is 7.65. The molecule has 0 spiro atoms. The number of ether oxygens (including phenoxy) is 1. The molecular weight excluding hydrogens is 332 g/mol. The minimum Gasteiger partial charge on any atom is -0.497 e. The lowest BCUT2D eigenvalue weighted by atomic mass is 9.81. The smallest absolute Gasteiger partial charge is 0.244 e. The van der Waals surface area contributed by atoms with Crippen LogP contribution in [-0.2, 0) is 4.79 Å². The molecule has 2 rings (SSSR count). The summed E-state index contributed by atoms with van der Waals surface area (Å²) < 4.78 is 5.95. The molecule has 112 valence electrons. The van der Waals surface area contributed by atoms with Crippen LogP contribution in [0.5, 0.6) is 5.75 Å². The van der Waals surface area contributed by atoms with E-state index in [-0.39, 0.29) is 5.91 Å². The average molecular weight is 351 g/mol. The molecule has 0 atom stereocenters. The quantitative estimate of drug-likeness (QED) is 0.828. The van der Waals surface area contributed by atoms with E-state index in [0.717, 1.165) is 30.2 Å². The molecule has 4 nitrogen and oxygen atoms in total. The lowest BCUT2D eigenvalue weighted by Gasteiger charge is -2.24. The highest BCUT2D eigenvalue weighted by atomic mass is 79.9. The van der Waals surface area contributed by atoms with E-state index in [1.165, 1.54) is 0 Å². The maximum Gasteiger partial charge on any atom is 0.244 e. The summed E-state index contributed by atoms with van der Waals surface area (Å²) in [6.07, 6.45) is 5.33. The minimum absolute atomic E-state index is 0.208. The summed E-state index contributed by atoms with van der Waals surface area (Å²) in [5.74, 6) is 0.459. The molecule has 1 fully saturated rings. The Morgan fingerprint density at radius 2 is 2.00 bits per heavy atom. The van der Waals surface area contributed by atoms with Gasteiger partial charge in [0.15, 0.2) is 0 Å². The van der Waals surface area contributed by atoms with Crippen LogP contribution >= 0.6 is 15.9 Å². The summed E-state index contributed by atoms with van der Waals surface area (Å²) in [6.45, 7) is 0. The Morgan fingerprint density at radius 1 is 1.33 bits per heavy atom. The van der Waals surface area contributed by atoms with Crippen molar-refractivity contribution >= 4 is 27.5 Å². The Balaban J connectivity index is 2.21. The lowest BCUT2D eigenvalue weighted by Crippen LogP contribution is -2.34. The van der Waals surface area contributed by atoms with Gasteiger partial charge in [0.1, 0.15) is 11.2 Å². The standard InChI is InChI=1S/C16H19BrN2O2/c1-21-12-6-7-13(17)14(10-12)19-15(20)16(11-18)8-4-2-3-5-9-16/h6-7,10H,2-5,8-9H2,1H3,(H,19,20). The molecule has 5 heteroatoms. The topological polar surface area (TPSA) is 62.1 Å². The van der Waals surface area contributed by atoms with Crippen LogP contribution in [0.3, 0.4) is 0 Å². The fourth-order valence-electron chi connectivity index (χ4n) is 2.69. The second-order valence-electron chi connectivity index (χ2n) is 5.41. The molecule has 0 heterocycles. The first-order chi connectivity index (χ1) is 10.1. The van der Waals surface area contributed by atoms with Gasteiger partial charge in [-0.1, -0.05) is 25.7 Å². The van der Waals surface area contributed by atoms with E-state index in [1.807, 2.05) is 12.1 Å². The molecule has 0 aliphatic heterocycles. The molecule has 1 aliphatic rings. The van der Waals surface area contributed by atoms with Crippen LogP contribution in [0, 0.1) is 16.7 Å². The number of carbonyl (C=O) groups excluding carboxylic acids is 1. The lowest BCUT2D eigenvalue weighted by molar-refractivity contribution is -0.123. The largest absolute Gasteiger partial charge is 0.497 e. The zero-order valence-electron chi connectivity index (χ0n) is 12.1. The molecule has 1 aromatic rings. The van der Waals surface area contributed by atoms with Gasteiger partial charge < -0.3 is 10.1 Å². The first-order valence-corrected chi connectivity index (χ1v) is 7.97. The molecule has 21 heavy (non-hydrogen) atoms.